The topological polar surface area (TPSA) is 126 Å². The third-order valence-electron chi connectivity index (χ3n) is 7.81. The van der Waals surface area contributed by atoms with Gasteiger partial charge in [0.2, 0.25) is 11.8 Å². The van der Waals surface area contributed by atoms with E-state index in [1.165, 1.54) is 0 Å². The van der Waals surface area contributed by atoms with Crippen LogP contribution in [-0.2, 0) is 14.3 Å². The second kappa shape index (κ2) is 10.1. The Kier molecular flexibility index (Phi) is 6.83. The number of anilines is 2. The van der Waals surface area contributed by atoms with Crippen molar-refractivity contribution in [3.05, 3.63) is 35.5 Å². The average Bonchev–Trinajstić information content (AvgIpc) is 3.28. The summed E-state index contributed by atoms with van der Waals surface area (Å²) in [6.07, 6.45) is 5.32. The molecule has 1 saturated heterocycles. The third-order valence-corrected chi connectivity index (χ3v) is 7.81. The van der Waals surface area contributed by atoms with E-state index in [9.17, 15) is 14.4 Å². The highest BCUT2D eigenvalue weighted by Crippen LogP contribution is 2.38. The first kappa shape index (κ1) is 25.1. The first-order valence-electron chi connectivity index (χ1n) is 13.1. The number of hydrogen-bond acceptors (Lipinski definition) is 6. The number of H-pyrrole nitrogens is 1. The first-order valence-corrected chi connectivity index (χ1v) is 13.1. The molecule has 0 spiro atoms. The predicted molar refractivity (Wildman–Crippen MR) is 138 cm³/mol. The molecule has 3 atom stereocenters. The lowest BCUT2D eigenvalue weighted by molar-refractivity contribution is -0.118. The van der Waals surface area contributed by atoms with Crippen LogP contribution in [0.3, 0.4) is 0 Å². The summed E-state index contributed by atoms with van der Waals surface area (Å²) in [5.74, 6) is 0.610. The maximum absolute atomic E-state index is 13.0. The van der Waals surface area contributed by atoms with E-state index in [1.54, 1.807) is 12.0 Å². The van der Waals surface area contributed by atoms with Gasteiger partial charge in [0, 0.05) is 53.5 Å². The van der Waals surface area contributed by atoms with Crippen molar-refractivity contribution in [2.24, 2.45) is 0 Å². The van der Waals surface area contributed by atoms with Crippen molar-refractivity contribution in [3.8, 4) is 5.75 Å². The zero-order valence-corrected chi connectivity index (χ0v) is 21.6. The minimum atomic E-state index is -0.491. The molecule has 3 unspecified atom stereocenters. The number of benzene rings is 1. The van der Waals surface area contributed by atoms with Crippen LogP contribution < -0.4 is 20.3 Å². The average molecular weight is 510 g/mol. The molecule has 10 heteroatoms. The van der Waals surface area contributed by atoms with Gasteiger partial charge in [-0.15, -0.1) is 0 Å². The number of carbonyl (C=O) groups is 3. The summed E-state index contributed by atoms with van der Waals surface area (Å²) in [6, 6.07) is 7.38. The van der Waals surface area contributed by atoms with Crippen LogP contribution in [0.5, 0.6) is 5.75 Å². The van der Waals surface area contributed by atoms with Crippen molar-refractivity contribution in [2.45, 2.75) is 82.3 Å². The molecule has 1 aliphatic heterocycles. The van der Waals surface area contributed by atoms with Gasteiger partial charge in [0.1, 0.15) is 11.9 Å². The molecule has 0 bridgehead atoms. The maximum atomic E-state index is 13.0. The Hall–Kier alpha value is -3.56. The van der Waals surface area contributed by atoms with E-state index < -0.39 is 5.92 Å². The van der Waals surface area contributed by atoms with E-state index >= 15 is 0 Å². The van der Waals surface area contributed by atoms with Crippen molar-refractivity contribution in [3.63, 3.8) is 0 Å². The van der Waals surface area contributed by atoms with Crippen molar-refractivity contribution in [1.29, 1.82) is 0 Å². The van der Waals surface area contributed by atoms with Crippen LogP contribution >= 0.6 is 0 Å². The number of hydrogen-bond donors (Lipinski definition) is 3. The number of nitrogens with one attached hydrogen (secondary N) is 3. The van der Waals surface area contributed by atoms with Crippen molar-refractivity contribution < 1.29 is 23.9 Å². The first-order chi connectivity index (χ1) is 17.7. The lowest BCUT2D eigenvalue weighted by Gasteiger charge is -2.20. The molecule has 3 amide bonds. The number of carbonyl (C=O) groups excluding carboxylic acids is 3. The van der Waals surface area contributed by atoms with Crippen molar-refractivity contribution in [2.75, 3.05) is 23.9 Å². The lowest BCUT2D eigenvalue weighted by atomic mass is 9.98. The summed E-state index contributed by atoms with van der Waals surface area (Å²) < 4.78 is 11.2. The summed E-state index contributed by atoms with van der Waals surface area (Å²) in [5.41, 5.74) is 2.34. The molecule has 10 nitrogen and oxygen atoms in total. The van der Waals surface area contributed by atoms with Gasteiger partial charge in [-0.25, -0.2) is 4.79 Å². The third kappa shape index (κ3) is 5.57. The summed E-state index contributed by atoms with van der Waals surface area (Å²) in [7, 11) is 1.56. The number of amides is 3. The zero-order chi connectivity index (χ0) is 26.2. The molecule has 5 rings (SSSR count). The molecule has 2 aliphatic carbocycles. The minimum absolute atomic E-state index is 0.0955. The number of aromatic nitrogens is 2. The van der Waals surface area contributed by atoms with Crippen molar-refractivity contribution >= 4 is 29.4 Å². The molecule has 2 aromatic rings. The second-order valence-electron chi connectivity index (χ2n) is 10.7. The van der Waals surface area contributed by atoms with Gasteiger partial charge in [-0.3, -0.25) is 14.7 Å². The quantitative estimate of drug-likeness (QED) is 0.490. The number of rotatable bonds is 8. The molecule has 3 N–H and O–H groups in total. The largest absolute Gasteiger partial charge is 0.496 e. The minimum Gasteiger partial charge on any atom is -0.496 e. The number of ether oxygens (including phenoxy) is 2. The molecule has 1 aromatic heterocycles. The maximum Gasteiger partial charge on any atom is 0.407 e. The highest BCUT2D eigenvalue weighted by Gasteiger charge is 2.40. The smallest absolute Gasteiger partial charge is 0.407 e. The van der Waals surface area contributed by atoms with Gasteiger partial charge in [-0.05, 0) is 58.4 Å². The highest BCUT2D eigenvalue weighted by atomic mass is 16.6. The number of methoxy groups -OCH3 is 1. The molecule has 3 aliphatic rings. The summed E-state index contributed by atoms with van der Waals surface area (Å²) in [5, 5.41) is 13.1. The Labute approximate surface area is 216 Å². The molecule has 1 aromatic carbocycles. The summed E-state index contributed by atoms with van der Waals surface area (Å²) in [6.45, 7) is 4.53. The van der Waals surface area contributed by atoms with E-state index in [0.717, 1.165) is 55.5 Å². The molecular formula is C27H35N5O5. The standard InChI is InChI=1S/C27H35N5O5/c1-16(20-9-7-18(14-22(20)36-3)32-12-4-5-24(32)33)25(34)28-23-15-21(30-31-23)17-6-8-19(13-17)37-26(35)29-27(2)10-11-27/h7,9,14-17,19H,4-6,8,10-13H2,1-3H3,(H,29,35)(H2,28,30,31,34). The van der Waals surface area contributed by atoms with Crippen LogP contribution in [-0.4, -0.2) is 53.4 Å². The van der Waals surface area contributed by atoms with Gasteiger partial charge < -0.3 is 25.0 Å². The fourth-order valence-electron chi connectivity index (χ4n) is 5.20. The van der Waals surface area contributed by atoms with Gasteiger partial charge in [0.15, 0.2) is 5.82 Å². The molecule has 2 heterocycles. The Balaban J connectivity index is 1.17. The van der Waals surface area contributed by atoms with Gasteiger partial charge >= 0.3 is 6.09 Å². The van der Waals surface area contributed by atoms with E-state index in [0.29, 0.717) is 24.5 Å². The van der Waals surface area contributed by atoms with E-state index in [2.05, 4.69) is 20.8 Å². The molecular weight excluding hydrogens is 474 g/mol. The number of nitrogens with zero attached hydrogens (tertiary/aromatic N) is 2. The Bertz CT molecular complexity index is 1190. The van der Waals surface area contributed by atoms with Crippen LogP contribution in [0.4, 0.5) is 16.3 Å². The number of alkyl carbamates (subject to hydrolysis) is 1. The summed E-state index contributed by atoms with van der Waals surface area (Å²) >= 11 is 0. The molecule has 198 valence electrons. The zero-order valence-electron chi connectivity index (χ0n) is 21.6. The van der Waals surface area contributed by atoms with Crippen LogP contribution in [0.15, 0.2) is 24.3 Å². The fraction of sp³-hybridized carbons (Fsp3) is 0.556. The van der Waals surface area contributed by atoms with Crippen LogP contribution in [0.2, 0.25) is 0 Å². The van der Waals surface area contributed by atoms with Crippen LogP contribution in [0.25, 0.3) is 0 Å². The second-order valence-corrected chi connectivity index (χ2v) is 10.7. The molecule has 37 heavy (non-hydrogen) atoms. The molecule has 2 saturated carbocycles. The van der Waals surface area contributed by atoms with Gasteiger partial charge in [-0.1, -0.05) is 6.07 Å². The molecule has 3 fully saturated rings. The van der Waals surface area contributed by atoms with Crippen molar-refractivity contribution in [1.82, 2.24) is 15.5 Å². The van der Waals surface area contributed by atoms with E-state index in [-0.39, 0.29) is 35.5 Å². The van der Waals surface area contributed by atoms with Gasteiger partial charge in [0.05, 0.1) is 13.0 Å². The monoisotopic (exact) mass is 509 g/mol. The van der Waals surface area contributed by atoms with Gasteiger partial charge in [-0.2, -0.15) is 5.10 Å². The summed E-state index contributed by atoms with van der Waals surface area (Å²) in [4.78, 5) is 39.0. The predicted octanol–water partition coefficient (Wildman–Crippen LogP) is 4.20. The normalized spacial score (nSPS) is 23.0. The SMILES string of the molecule is COc1cc(N2CCCC2=O)ccc1C(C)C(=O)Nc1cc(C2CCC(OC(=O)NC3(C)CC3)C2)[nH]n1. The number of aromatic amines is 1. The van der Waals surface area contributed by atoms with E-state index in [4.69, 9.17) is 9.47 Å². The van der Waals surface area contributed by atoms with E-state index in [1.807, 2.05) is 38.1 Å². The highest BCUT2D eigenvalue weighted by molar-refractivity contribution is 5.97. The van der Waals surface area contributed by atoms with Crippen LogP contribution in [0.1, 0.15) is 81.9 Å². The van der Waals surface area contributed by atoms with Crippen LogP contribution in [0, 0.1) is 0 Å². The molecule has 0 radical (unpaired) electrons. The fourth-order valence-corrected chi connectivity index (χ4v) is 5.20. The Morgan fingerprint density at radius 2 is 2.05 bits per heavy atom. The Morgan fingerprint density at radius 1 is 1.24 bits per heavy atom. The lowest BCUT2D eigenvalue weighted by Crippen LogP contribution is -2.36. The van der Waals surface area contributed by atoms with Gasteiger partial charge in [0.25, 0.3) is 0 Å². The Morgan fingerprint density at radius 3 is 2.76 bits per heavy atom.